The molecule has 88 valence electrons. The number of carboxylic acid groups (broad SMARTS) is 1. The van der Waals surface area contributed by atoms with Crippen molar-refractivity contribution in [2.75, 3.05) is 13.2 Å². The number of carbonyl (C=O) groups is 1. The third-order valence-electron chi connectivity index (χ3n) is 3.37. The lowest BCUT2D eigenvalue weighted by molar-refractivity contribution is -0.139. The van der Waals surface area contributed by atoms with E-state index in [-0.39, 0.29) is 0 Å². The molecule has 1 N–H and O–H groups in total. The van der Waals surface area contributed by atoms with Gasteiger partial charge in [-0.1, -0.05) is 13.8 Å². The Balaban J connectivity index is 2.55. The summed E-state index contributed by atoms with van der Waals surface area (Å²) in [7, 11) is 0. The molecule has 0 aliphatic carbocycles. The van der Waals surface area contributed by atoms with Crippen LogP contribution in [0.4, 0.5) is 0 Å². The molecule has 0 radical (unpaired) electrons. The predicted octanol–water partition coefficient (Wildman–Crippen LogP) is 2.55. The van der Waals surface area contributed by atoms with Crippen LogP contribution in [-0.4, -0.2) is 24.3 Å². The highest BCUT2D eigenvalue weighted by Crippen LogP contribution is 2.32. The van der Waals surface area contributed by atoms with Gasteiger partial charge >= 0.3 is 5.97 Å². The summed E-state index contributed by atoms with van der Waals surface area (Å²) < 4.78 is 5.41. The lowest BCUT2D eigenvalue weighted by atomic mass is 9.77. The molecule has 1 heterocycles. The first kappa shape index (κ1) is 12.5. The summed E-state index contributed by atoms with van der Waals surface area (Å²) in [6, 6.07) is 0. The van der Waals surface area contributed by atoms with E-state index in [1.807, 2.05) is 0 Å². The summed E-state index contributed by atoms with van der Waals surface area (Å²) in [5, 5.41) is 8.90. The van der Waals surface area contributed by atoms with Gasteiger partial charge in [-0.05, 0) is 37.0 Å². The van der Waals surface area contributed by atoms with Crippen LogP contribution >= 0.6 is 0 Å². The lowest BCUT2D eigenvalue weighted by Gasteiger charge is -2.27. The van der Waals surface area contributed by atoms with Crippen LogP contribution in [0.3, 0.4) is 0 Å². The number of ether oxygens (including phenoxy) is 1. The summed E-state index contributed by atoms with van der Waals surface area (Å²) in [5.74, 6) is 0.621. The Kier molecular flexibility index (Phi) is 5.09. The second kappa shape index (κ2) is 6.11. The average Bonchev–Trinajstić information content (AvgIpc) is 2.41. The summed E-state index contributed by atoms with van der Waals surface area (Å²) in [4.78, 5) is 10.8. The second-order valence-electron chi connectivity index (χ2n) is 4.81. The van der Waals surface area contributed by atoms with Gasteiger partial charge in [0.25, 0.3) is 0 Å². The average molecular weight is 214 g/mol. The zero-order chi connectivity index (χ0) is 11.3. The van der Waals surface area contributed by atoms with Crippen LogP contribution in [0.15, 0.2) is 0 Å². The van der Waals surface area contributed by atoms with Crippen molar-refractivity contribution in [2.45, 2.75) is 39.5 Å². The van der Waals surface area contributed by atoms with Gasteiger partial charge in [0.1, 0.15) is 0 Å². The Morgan fingerprint density at radius 1 is 1.40 bits per heavy atom. The van der Waals surface area contributed by atoms with E-state index < -0.39 is 5.97 Å². The van der Waals surface area contributed by atoms with Gasteiger partial charge in [0.2, 0.25) is 0 Å². The zero-order valence-corrected chi connectivity index (χ0v) is 9.74. The molecule has 0 amide bonds. The van der Waals surface area contributed by atoms with Crippen LogP contribution in [-0.2, 0) is 9.53 Å². The van der Waals surface area contributed by atoms with E-state index in [4.69, 9.17) is 9.84 Å². The van der Waals surface area contributed by atoms with E-state index in [0.29, 0.717) is 24.2 Å². The maximum absolute atomic E-state index is 10.8. The minimum Gasteiger partial charge on any atom is -0.481 e. The SMILES string of the molecule is CC(C)C(CC(=O)O)C1CCCOCC1. The molecule has 1 aliphatic rings. The Morgan fingerprint density at radius 2 is 2.13 bits per heavy atom. The van der Waals surface area contributed by atoms with Gasteiger partial charge in [0.15, 0.2) is 0 Å². The first-order valence-electron chi connectivity index (χ1n) is 5.90. The number of aliphatic carboxylic acids is 1. The molecule has 0 bridgehead atoms. The van der Waals surface area contributed by atoms with Crippen LogP contribution in [0.2, 0.25) is 0 Å². The molecule has 1 rings (SSSR count). The molecule has 15 heavy (non-hydrogen) atoms. The van der Waals surface area contributed by atoms with Crippen molar-refractivity contribution < 1.29 is 14.6 Å². The summed E-state index contributed by atoms with van der Waals surface area (Å²) in [6.07, 6.45) is 3.53. The third kappa shape index (κ3) is 4.20. The monoisotopic (exact) mass is 214 g/mol. The molecule has 3 heteroatoms. The summed E-state index contributed by atoms with van der Waals surface area (Å²) >= 11 is 0. The second-order valence-corrected chi connectivity index (χ2v) is 4.81. The van der Waals surface area contributed by atoms with E-state index in [2.05, 4.69) is 13.8 Å². The van der Waals surface area contributed by atoms with Crippen LogP contribution < -0.4 is 0 Å². The molecule has 1 fully saturated rings. The Labute approximate surface area is 91.8 Å². The fourth-order valence-corrected chi connectivity index (χ4v) is 2.51. The molecule has 0 saturated carbocycles. The van der Waals surface area contributed by atoms with Crippen LogP contribution in [0.1, 0.15) is 39.5 Å². The molecule has 0 aromatic heterocycles. The van der Waals surface area contributed by atoms with Gasteiger partial charge in [-0.15, -0.1) is 0 Å². The minimum atomic E-state index is -0.668. The topological polar surface area (TPSA) is 46.5 Å². The van der Waals surface area contributed by atoms with Crippen LogP contribution in [0.5, 0.6) is 0 Å². The fraction of sp³-hybridized carbons (Fsp3) is 0.917. The standard InChI is InChI=1S/C12H22O3/c1-9(2)11(8-12(13)14)10-4-3-6-15-7-5-10/h9-11H,3-8H2,1-2H3,(H,13,14). The Hall–Kier alpha value is -0.570. The van der Waals surface area contributed by atoms with Gasteiger partial charge in [-0.2, -0.15) is 0 Å². The van der Waals surface area contributed by atoms with Crippen molar-refractivity contribution in [1.82, 2.24) is 0 Å². The van der Waals surface area contributed by atoms with Crippen molar-refractivity contribution >= 4 is 5.97 Å². The van der Waals surface area contributed by atoms with Gasteiger partial charge in [0, 0.05) is 19.6 Å². The number of hydrogen-bond acceptors (Lipinski definition) is 2. The quantitative estimate of drug-likeness (QED) is 0.782. The van der Waals surface area contributed by atoms with Crippen molar-refractivity contribution in [1.29, 1.82) is 0 Å². The van der Waals surface area contributed by atoms with Crippen molar-refractivity contribution in [2.24, 2.45) is 17.8 Å². The van der Waals surface area contributed by atoms with Crippen molar-refractivity contribution in [3.8, 4) is 0 Å². The highest BCUT2D eigenvalue weighted by molar-refractivity contribution is 5.67. The van der Waals surface area contributed by atoms with Crippen molar-refractivity contribution in [3.05, 3.63) is 0 Å². The smallest absolute Gasteiger partial charge is 0.303 e. The molecule has 0 aromatic rings. The number of carboxylic acids is 1. The van der Waals surface area contributed by atoms with Gasteiger partial charge in [-0.25, -0.2) is 0 Å². The fourth-order valence-electron chi connectivity index (χ4n) is 2.51. The summed E-state index contributed by atoms with van der Waals surface area (Å²) in [6.45, 7) is 5.89. The Bertz CT molecular complexity index is 193. The minimum absolute atomic E-state index is 0.308. The molecule has 2 unspecified atom stereocenters. The molecule has 1 saturated heterocycles. The zero-order valence-electron chi connectivity index (χ0n) is 9.74. The van der Waals surface area contributed by atoms with E-state index in [9.17, 15) is 4.79 Å². The first-order valence-corrected chi connectivity index (χ1v) is 5.90. The third-order valence-corrected chi connectivity index (χ3v) is 3.37. The molecule has 0 spiro atoms. The van der Waals surface area contributed by atoms with Crippen LogP contribution in [0, 0.1) is 17.8 Å². The maximum atomic E-state index is 10.8. The normalized spacial score (nSPS) is 24.9. The molecule has 2 atom stereocenters. The summed E-state index contributed by atoms with van der Waals surface area (Å²) in [5.41, 5.74) is 0. The van der Waals surface area contributed by atoms with E-state index in [0.717, 1.165) is 32.5 Å². The van der Waals surface area contributed by atoms with E-state index >= 15 is 0 Å². The predicted molar refractivity (Wildman–Crippen MR) is 58.7 cm³/mol. The number of rotatable bonds is 4. The van der Waals surface area contributed by atoms with Gasteiger partial charge in [-0.3, -0.25) is 4.79 Å². The molecule has 1 aliphatic heterocycles. The maximum Gasteiger partial charge on any atom is 0.303 e. The van der Waals surface area contributed by atoms with E-state index in [1.165, 1.54) is 0 Å². The molecule has 3 nitrogen and oxygen atoms in total. The molecule has 0 aromatic carbocycles. The first-order chi connectivity index (χ1) is 7.11. The van der Waals surface area contributed by atoms with Gasteiger partial charge in [0.05, 0.1) is 0 Å². The van der Waals surface area contributed by atoms with E-state index in [1.54, 1.807) is 0 Å². The lowest BCUT2D eigenvalue weighted by Crippen LogP contribution is -2.23. The highest BCUT2D eigenvalue weighted by atomic mass is 16.5. The highest BCUT2D eigenvalue weighted by Gasteiger charge is 2.27. The Morgan fingerprint density at radius 3 is 2.73 bits per heavy atom. The van der Waals surface area contributed by atoms with Crippen molar-refractivity contribution in [3.63, 3.8) is 0 Å². The largest absolute Gasteiger partial charge is 0.481 e. The molecular weight excluding hydrogens is 192 g/mol. The number of hydrogen-bond donors (Lipinski definition) is 1. The molecular formula is C12H22O3. The van der Waals surface area contributed by atoms with Gasteiger partial charge < -0.3 is 9.84 Å². The van der Waals surface area contributed by atoms with Crippen LogP contribution in [0.25, 0.3) is 0 Å².